The maximum Gasteiger partial charge on any atom is 0.197 e. The first-order chi connectivity index (χ1) is 10.9. The highest BCUT2D eigenvalue weighted by molar-refractivity contribution is 5.86. The van der Waals surface area contributed by atoms with Crippen molar-refractivity contribution in [2.45, 2.75) is 18.8 Å². The van der Waals surface area contributed by atoms with E-state index in [0.717, 1.165) is 18.5 Å². The molecule has 1 aromatic heterocycles. The molecule has 0 amide bonds. The molecule has 0 radical (unpaired) electrons. The lowest BCUT2D eigenvalue weighted by Crippen LogP contribution is -2.29. The Hall–Kier alpha value is -2.17. The largest absolute Gasteiger partial charge is 0.343 e. The first kappa shape index (κ1) is 13.5. The fourth-order valence-electron chi connectivity index (χ4n) is 3.14. The highest BCUT2D eigenvalue weighted by atomic mass is 16.7. The number of fused-ring (bicyclic) bond motifs is 1. The van der Waals surface area contributed by atoms with Crippen LogP contribution < -0.4 is 0 Å². The van der Waals surface area contributed by atoms with Crippen molar-refractivity contribution in [1.29, 1.82) is 0 Å². The van der Waals surface area contributed by atoms with Gasteiger partial charge < -0.3 is 14.0 Å². The second kappa shape index (κ2) is 5.55. The van der Waals surface area contributed by atoms with Gasteiger partial charge in [0.05, 0.1) is 19.5 Å². The number of imidazole rings is 1. The molecule has 1 fully saturated rings. The number of aryl methyl sites for hydroxylation is 1. The van der Waals surface area contributed by atoms with Gasteiger partial charge in [-0.15, -0.1) is 0 Å². The van der Waals surface area contributed by atoms with Crippen LogP contribution in [0, 0.1) is 0 Å². The molecular weight excluding hydrogens is 276 g/mol. The van der Waals surface area contributed by atoms with Crippen LogP contribution in [-0.4, -0.2) is 22.8 Å². The molecule has 1 saturated heterocycles. The van der Waals surface area contributed by atoms with E-state index in [0.29, 0.717) is 13.2 Å². The maximum atomic E-state index is 6.08. The lowest BCUT2D eigenvalue weighted by atomic mass is 9.95. The molecule has 1 aliphatic rings. The molecule has 1 aliphatic heterocycles. The number of rotatable bonds is 4. The van der Waals surface area contributed by atoms with Crippen molar-refractivity contribution in [3.05, 3.63) is 66.7 Å². The van der Waals surface area contributed by atoms with Gasteiger partial charge in [-0.1, -0.05) is 42.5 Å². The highest BCUT2D eigenvalue weighted by Crippen LogP contribution is 2.39. The predicted molar refractivity (Wildman–Crippen MR) is 84.4 cm³/mol. The second-order valence-corrected chi connectivity index (χ2v) is 5.53. The SMILES string of the molecule is c1ccc2c(C3(CCn4ccnc4)OCCO3)cccc2c1. The maximum absolute atomic E-state index is 6.08. The van der Waals surface area contributed by atoms with Crippen LogP contribution in [0.25, 0.3) is 10.8 Å². The molecule has 112 valence electrons. The molecule has 0 aliphatic carbocycles. The van der Waals surface area contributed by atoms with Gasteiger partial charge >= 0.3 is 0 Å². The Morgan fingerprint density at radius 2 is 1.86 bits per heavy atom. The minimum atomic E-state index is -0.662. The third kappa shape index (κ3) is 2.30. The molecule has 0 atom stereocenters. The smallest absolute Gasteiger partial charge is 0.197 e. The average molecular weight is 294 g/mol. The molecule has 0 spiro atoms. The van der Waals surface area contributed by atoms with Gasteiger partial charge in [-0.05, 0) is 10.8 Å². The molecule has 3 aromatic rings. The zero-order valence-corrected chi connectivity index (χ0v) is 12.3. The van der Waals surface area contributed by atoms with Crippen molar-refractivity contribution < 1.29 is 9.47 Å². The first-order valence-corrected chi connectivity index (χ1v) is 7.59. The van der Waals surface area contributed by atoms with Crippen LogP contribution in [0.3, 0.4) is 0 Å². The lowest BCUT2D eigenvalue weighted by molar-refractivity contribution is -0.171. The van der Waals surface area contributed by atoms with Crippen molar-refractivity contribution >= 4 is 10.8 Å². The molecule has 0 unspecified atom stereocenters. The van der Waals surface area contributed by atoms with Crippen LogP contribution in [0.1, 0.15) is 12.0 Å². The zero-order valence-electron chi connectivity index (χ0n) is 12.3. The Bertz CT molecular complexity index is 756. The summed E-state index contributed by atoms with van der Waals surface area (Å²) in [4.78, 5) is 4.09. The molecule has 2 heterocycles. The summed E-state index contributed by atoms with van der Waals surface area (Å²) in [6, 6.07) is 14.7. The van der Waals surface area contributed by atoms with Crippen molar-refractivity contribution in [1.82, 2.24) is 9.55 Å². The summed E-state index contributed by atoms with van der Waals surface area (Å²) in [5.41, 5.74) is 1.11. The summed E-state index contributed by atoms with van der Waals surface area (Å²) in [6.07, 6.45) is 6.34. The van der Waals surface area contributed by atoms with E-state index in [4.69, 9.17) is 9.47 Å². The number of hydrogen-bond acceptors (Lipinski definition) is 3. The number of aromatic nitrogens is 2. The van der Waals surface area contributed by atoms with E-state index < -0.39 is 5.79 Å². The standard InChI is InChI=1S/C18H18N2O2/c1-2-6-16-15(4-1)5-3-7-17(16)18(21-12-13-22-18)8-10-20-11-9-19-14-20/h1-7,9,11,14H,8,10,12-13H2. The monoisotopic (exact) mass is 294 g/mol. The van der Waals surface area contributed by atoms with Gasteiger partial charge in [0, 0.05) is 30.9 Å². The molecule has 22 heavy (non-hydrogen) atoms. The Morgan fingerprint density at radius 3 is 2.68 bits per heavy atom. The number of hydrogen-bond donors (Lipinski definition) is 0. The van der Waals surface area contributed by atoms with Gasteiger partial charge in [0.25, 0.3) is 0 Å². The molecule has 0 saturated carbocycles. The van der Waals surface area contributed by atoms with Crippen LogP contribution in [0.4, 0.5) is 0 Å². The predicted octanol–water partition coefficient (Wildman–Crippen LogP) is 3.33. The Balaban J connectivity index is 1.74. The van der Waals surface area contributed by atoms with Crippen molar-refractivity contribution in [3.63, 3.8) is 0 Å². The summed E-state index contributed by atoms with van der Waals surface area (Å²) in [7, 11) is 0. The quantitative estimate of drug-likeness (QED) is 0.740. The molecule has 4 rings (SSSR count). The molecule has 0 N–H and O–H groups in total. The normalized spacial score (nSPS) is 17.1. The van der Waals surface area contributed by atoms with Crippen molar-refractivity contribution in [3.8, 4) is 0 Å². The first-order valence-electron chi connectivity index (χ1n) is 7.59. The van der Waals surface area contributed by atoms with Gasteiger partial charge in [-0.25, -0.2) is 4.98 Å². The topological polar surface area (TPSA) is 36.3 Å². The Morgan fingerprint density at radius 1 is 1.05 bits per heavy atom. The van der Waals surface area contributed by atoms with E-state index in [1.807, 2.05) is 12.5 Å². The highest BCUT2D eigenvalue weighted by Gasteiger charge is 2.39. The Kier molecular flexibility index (Phi) is 3.41. The fourth-order valence-corrected chi connectivity index (χ4v) is 3.14. The zero-order chi connectivity index (χ0) is 14.8. The number of ether oxygens (including phenoxy) is 2. The van der Waals surface area contributed by atoms with E-state index in [1.165, 1.54) is 10.8 Å². The van der Waals surface area contributed by atoms with Crippen LogP contribution in [0.2, 0.25) is 0 Å². The van der Waals surface area contributed by atoms with Crippen molar-refractivity contribution in [2.75, 3.05) is 13.2 Å². The summed E-state index contributed by atoms with van der Waals surface area (Å²) in [5, 5.41) is 2.40. The van der Waals surface area contributed by atoms with Gasteiger partial charge in [0.2, 0.25) is 0 Å². The summed E-state index contributed by atoms with van der Waals surface area (Å²) in [6.45, 7) is 2.07. The van der Waals surface area contributed by atoms with E-state index in [-0.39, 0.29) is 0 Å². The van der Waals surface area contributed by atoms with E-state index in [1.54, 1.807) is 6.20 Å². The minimum absolute atomic E-state index is 0.632. The fraction of sp³-hybridized carbons (Fsp3) is 0.278. The average Bonchev–Trinajstić information content (AvgIpc) is 3.25. The molecule has 4 heteroatoms. The van der Waals surface area contributed by atoms with Gasteiger partial charge in [-0.3, -0.25) is 0 Å². The van der Waals surface area contributed by atoms with Gasteiger partial charge in [0.1, 0.15) is 0 Å². The van der Waals surface area contributed by atoms with Crippen molar-refractivity contribution in [2.24, 2.45) is 0 Å². The summed E-state index contributed by atoms with van der Waals surface area (Å²) in [5.74, 6) is -0.662. The molecular formula is C18H18N2O2. The Labute approximate surface area is 129 Å². The van der Waals surface area contributed by atoms with E-state index in [2.05, 4.69) is 52.0 Å². The second-order valence-electron chi connectivity index (χ2n) is 5.53. The van der Waals surface area contributed by atoms with E-state index in [9.17, 15) is 0 Å². The van der Waals surface area contributed by atoms with Crippen LogP contribution >= 0.6 is 0 Å². The van der Waals surface area contributed by atoms with Crippen LogP contribution in [0.15, 0.2) is 61.2 Å². The third-order valence-electron chi connectivity index (χ3n) is 4.21. The number of nitrogens with zero attached hydrogens (tertiary/aromatic N) is 2. The lowest BCUT2D eigenvalue weighted by Gasteiger charge is -2.29. The van der Waals surface area contributed by atoms with Crippen LogP contribution in [0.5, 0.6) is 0 Å². The summed E-state index contributed by atoms with van der Waals surface area (Å²) >= 11 is 0. The van der Waals surface area contributed by atoms with E-state index >= 15 is 0 Å². The molecule has 4 nitrogen and oxygen atoms in total. The molecule has 2 aromatic carbocycles. The van der Waals surface area contributed by atoms with Crippen LogP contribution in [-0.2, 0) is 21.8 Å². The number of benzene rings is 2. The third-order valence-corrected chi connectivity index (χ3v) is 4.21. The van der Waals surface area contributed by atoms with Gasteiger partial charge in [0.15, 0.2) is 5.79 Å². The summed E-state index contributed by atoms with van der Waals surface area (Å²) < 4.78 is 14.2. The molecule has 0 bridgehead atoms. The van der Waals surface area contributed by atoms with Gasteiger partial charge in [-0.2, -0.15) is 0 Å². The minimum Gasteiger partial charge on any atom is -0.343 e.